The van der Waals surface area contributed by atoms with Gasteiger partial charge in [0.05, 0.1) is 51.6 Å². The van der Waals surface area contributed by atoms with Gasteiger partial charge in [-0.05, 0) is 36.8 Å². The van der Waals surface area contributed by atoms with Gasteiger partial charge in [-0.3, -0.25) is 9.69 Å². The third-order valence-corrected chi connectivity index (χ3v) is 5.59. The normalized spacial score (nSPS) is 11.1. The number of nitrogens with one attached hydrogen (secondary N) is 1. The van der Waals surface area contributed by atoms with E-state index >= 15 is 0 Å². The zero-order valence-corrected chi connectivity index (χ0v) is 17.7. The minimum atomic E-state index is -0.0982. The molecule has 1 N–H and O–H groups in total. The number of ether oxygens (including phenoxy) is 2. The van der Waals surface area contributed by atoms with Crippen molar-refractivity contribution in [2.24, 2.45) is 0 Å². The molecule has 1 aromatic heterocycles. The topological polar surface area (TPSA) is 56.1 Å². The molecule has 0 fully saturated rings. The highest BCUT2D eigenvalue weighted by Crippen LogP contribution is 2.33. The van der Waals surface area contributed by atoms with Crippen LogP contribution in [0.3, 0.4) is 0 Å². The number of para-hydroxylation sites is 1. The van der Waals surface area contributed by atoms with Crippen molar-refractivity contribution in [3.8, 4) is 11.5 Å². The van der Waals surface area contributed by atoms with Crippen LogP contribution in [-0.2, 0) is 0 Å². The van der Waals surface area contributed by atoms with Crippen LogP contribution < -0.4 is 19.3 Å². The molecule has 0 atom stereocenters. The summed E-state index contributed by atoms with van der Waals surface area (Å²) in [7, 11) is 7.29. The van der Waals surface area contributed by atoms with Crippen LogP contribution in [0.4, 0.5) is 5.13 Å². The second-order valence-corrected chi connectivity index (χ2v) is 7.91. The van der Waals surface area contributed by atoms with E-state index in [1.54, 1.807) is 48.7 Å². The number of quaternary nitrogens is 1. The molecular weight excluding hydrogens is 374 g/mol. The van der Waals surface area contributed by atoms with Gasteiger partial charge in [-0.1, -0.05) is 23.5 Å². The molecule has 0 aliphatic rings. The lowest BCUT2D eigenvalue weighted by atomic mass is 10.1. The first-order valence-corrected chi connectivity index (χ1v) is 9.95. The molecule has 0 spiro atoms. The Bertz CT molecular complexity index is 984. The van der Waals surface area contributed by atoms with E-state index in [1.807, 2.05) is 25.1 Å². The van der Waals surface area contributed by atoms with Crippen LogP contribution in [0.1, 0.15) is 15.9 Å². The van der Waals surface area contributed by atoms with Gasteiger partial charge in [0.25, 0.3) is 5.91 Å². The number of carbonyl (C=O) groups excluding carboxylic acids is 1. The summed E-state index contributed by atoms with van der Waals surface area (Å²) in [5.74, 6) is 1.03. The predicted molar refractivity (Wildman–Crippen MR) is 113 cm³/mol. The fraction of sp³-hybridized carbons (Fsp3) is 0.333. The van der Waals surface area contributed by atoms with E-state index in [9.17, 15) is 4.79 Å². The van der Waals surface area contributed by atoms with Gasteiger partial charge in [-0.2, -0.15) is 0 Å². The van der Waals surface area contributed by atoms with Gasteiger partial charge in [0, 0.05) is 5.56 Å². The number of carbonyl (C=O) groups is 1. The first-order valence-electron chi connectivity index (χ1n) is 9.13. The largest absolute Gasteiger partial charge is 0.493 e. The second-order valence-electron chi connectivity index (χ2n) is 6.90. The summed E-state index contributed by atoms with van der Waals surface area (Å²) in [4.78, 5) is 21.2. The van der Waals surface area contributed by atoms with E-state index < -0.39 is 0 Å². The maximum atomic E-state index is 13.4. The quantitative estimate of drug-likeness (QED) is 0.662. The van der Waals surface area contributed by atoms with Crippen LogP contribution in [0.15, 0.2) is 36.4 Å². The van der Waals surface area contributed by atoms with Crippen molar-refractivity contribution in [3.63, 3.8) is 0 Å². The van der Waals surface area contributed by atoms with E-state index in [0.717, 1.165) is 22.3 Å². The Hall–Kier alpha value is -2.64. The number of hydrogen-bond donors (Lipinski definition) is 1. The van der Waals surface area contributed by atoms with Crippen LogP contribution in [0, 0.1) is 6.92 Å². The maximum Gasteiger partial charge on any atom is 0.260 e. The Morgan fingerprint density at radius 2 is 1.89 bits per heavy atom. The smallest absolute Gasteiger partial charge is 0.260 e. The van der Waals surface area contributed by atoms with Crippen molar-refractivity contribution in [2.45, 2.75) is 6.92 Å². The fourth-order valence-electron chi connectivity index (χ4n) is 2.93. The number of likely N-dealkylation sites (N-methyl/N-ethyl adjacent to an activating group) is 1. The van der Waals surface area contributed by atoms with Crippen LogP contribution in [0.5, 0.6) is 11.5 Å². The molecule has 6 nitrogen and oxygen atoms in total. The van der Waals surface area contributed by atoms with Gasteiger partial charge in [0.2, 0.25) is 0 Å². The summed E-state index contributed by atoms with van der Waals surface area (Å²) in [5.41, 5.74) is 2.60. The summed E-state index contributed by atoms with van der Waals surface area (Å²) < 4.78 is 11.7. The monoisotopic (exact) mass is 400 g/mol. The molecule has 3 aromatic rings. The zero-order chi connectivity index (χ0) is 20.3. The first kappa shape index (κ1) is 20.1. The minimum absolute atomic E-state index is 0.0982. The van der Waals surface area contributed by atoms with Gasteiger partial charge in [-0.15, -0.1) is 0 Å². The van der Waals surface area contributed by atoms with Gasteiger partial charge in [0.15, 0.2) is 16.6 Å². The summed E-state index contributed by atoms with van der Waals surface area (Å²) in [5, 5.41) is 0.713. The van der Waals surface area contributed by atoms with Crippen LogP contribution >= 0.6 is 11.3 Å². The average Bonchev–Trinajstić information content (AvgIpc) is 3.12. The lowest BCUT2D eigenvalue weighted by Gasteiger charge is -2.21. The molecule has 148 valence electrons. The van der Waals surface area contributed by atoms with Gasteiger partial charge in [-0.25, -0.2) is 4.98 Å². The third kappa shape index (κ3) is 4.10. The second kappa shape index (κ2) is 8.58. The number of aromatic nitrogens is 1. The maximum absolute atomic E-state index is 13.4. The number of nitrogens with zero attached hydrogens (tertiary/aromatic N) is 2. The Balaban J connectivity index is 2.01. The van der Waals surface area contributed by atoms with Gasteiger partial charge >= 0.3 is 0 Å². The van der Waals surface area contributed by atoms with E-state index in [4.69, 9.17) is 14.5 Å². The molecule has 7 heteroatoms. The number of amides is 1. The molecule has 28 heavy (non-hydrogen) atoms. The molecule has 0 unspecified atom stereocenters. The number of benzene rings is 2. The molecule has 0 saturated carbocycles. The molecule has 1 heterocycles. The summed E-state index contributed by atoms with van der Waals surface area (Å²) in [6.07, 6.45) is 0. The highest BCUT2D eigenvalue weighted by molar-refractivity contribution is 7.22. The van der Waals surface area contributed by atoms with Crippen LogP contribution in [0.25, 0.3) is 10.2 Å². The zero-order valence-electron chi connectivity index (χ0n) is 16.9. The number of methoxy groups -OCH3 is 2. The van der Waals surface area contributed by atoms with E-state index in [1.165, 1.54) is 4.90 Å². The van der Waals surface area contributed by atoms with E-state index in [-0.39, 0.29) is 5.91 Å². The van der Waals surface area contributed by atoms with E-state index in [2.05, 4.69) is 14.1 Å². The Morgan fingerprint density at radius 3 is 2.54 bits per heavy atom. The van der Waals surface area contributed by atoms with Crippen molar-refractivity contribution in [3.05, 3.63) is 47.5 Å². The molecule has 2 aromatic carbocycles. The van der Waals surface area contributed by atoms with Crippen molar-refractivity contribution in [2.75, 3.05) is 46.3 Å². The van der Waals surface area contributed by atoms with Crippen molar-refractivity contribution >= 4 is 32.6 Å². The van der Waals surface area contributed by atoms with E-state index in [0.29, 0.717) is 28.7 Å². The van der Waals surface area contributed by atoms with Gasteiger partial charge in [0.1, 0.15) is 0 Å². The summed E-state index contributed by atoms with van der Waals surface area (Å²) in [6.45, 7) is 3.43. The fourth-order valence-corrected chi connectivity index (χ4v) is 4.00. The Labute approximate surface area is 169 Å². The molecule has 3 rings (SSSR count). The van der Waals surface area contributed by atoms with Crippen LogP contribution in [0.2, 0.25) is 0 Å². The van der Waals surface area contributed by atoms with Crippen molar-refractivity contribution in [1.82, 2.24) is 4.98 Å². The van der Waals surface area contributed by atoms with Crippen molar-refractivity contribution in [1.29, 1.82) is 0 Å². The SMILES string of the molecule is COc1ccc(C(=O)N(CC[NH+](C)C)c2nc3c(C)cccc3s2)cc1OC. The molecule has 0 aliphatic carbocycles. The molecule has 0 aliphatic heterocycles. The molecule has 0 saturated heterocycles. The highest BCUT2D eigenvalue weighted by Gasteiger charge is 2.23. The summed E-state index contributed by atoms with van der Waals surface area (Å²) in [6, 6.07) is 11.3. The first-order chi connectivity index (χ1) is 13.4. The van der Waals surface area contributed by atoms with Crippen molar-refractivity contribution < 1.29 is 19.2 Å². The molecule has 0 bridgehead atoms. The Morgan fingerprint density at radius 1 is 1.14 bits per heavy atom. The average molecular weight is 401 g/mol. The number of aryl methyl sites for hydroxylation is 1. The third-order valence-electron chi connectivity index (χ3n) is 4.55. The lowest BCUT2D eigenvalue weighted by molar-refractivity contribution is -0.856. The minimum Gasteiger partial charge on any atom is -0.493 e. The highest BCUT2D eigenvalue weighted by atomic mass is 32.1. The standard InChI is InChI=1S/C21H25N3O3S/c1-14-7-6-8-18-19(14)22-21(28-18)24(12-11-23(2)3)20(25)15-9-10-16(26-4)17(13-15)27-5/h6-10,13H,11-12H2,1-5H3/p+1. The lowest BCUT2D eigenvalue weighted by Crippen LogP contribution is -3.06. The number of rotatable bonds is 7. The number of thiazole rings is 1. The number of hydrogen-bond acceptors (Lipinski definition) is 5. The molecule has 1 amide bonds. The molecule has 0 radical (unpaired) electrons. The number of anilines is 1. The number of fused-ring (bicyclic) bond motifs is 1. The van der Waals surface area contributed by atoms with Gasteiger partial charge < -0.3 is 14.4 Å². The summed E-state index contributed by atoms with van der Waals surface area (Å²) >= 11 is 1.54. The van der Waals surface area contributed by atoms with Crippen LogP contribution in [-0.4, -0.2) is 52.3 Å². The molecular formula is C21H26N3O3S+. The Kier molecular flexibility index (Phi) is 6.16. The predicted octanol–water partition coefficient (Wildman–Crippen LogP) is 2.41.